The highest BCUT2D eigenvalue weighted by Gasteiger charge is 2.22. The summed E-state index contributed by atoms with van der Waals surface area (Å²) in [6.45, 7) is 4.76. The van der Waals surface area contributed by atoms with Crippen LogP contribution in [-0.2, 0) is 6.54 Å². The topological polar surface area (TPSA) is 143 Å². The number of likely N-dealkylation sites (N-methyl/N-ethyl adjacent to an activating group) is 1. The van der Waals surface area contributed by atoms with E-state index in [0.29, 0.717) is 35.8 Å². The van der Waals surface area contributed by atoms with E-state index in [9.17, 15) is 20.1 Å². The molecule has 0 atom stereocenters. The molecule has 0 saturated heterocycles. The first-order valence-corrected chi connectivity index (χ1v) is 16.2. The van der Waals surface area contributed by atoms with Gasteiger partial charge in [-0.2, -0.15) is 0 Å². The van der Waals surface area contributed by atoms with Crippen LogP contribution in [-0.4, -0.2) is 68.6 Å². The van der Waals surface area contributed by atoms with Crippen molar-refractivity contribution in [2.24, 2.45) is 0 Å². The molecule has 12 nitrogen and oxygen atoms in total. The smallest absolute Gasteiger partial charge is 0.416 e. The van der Waals surface area contributed by atoms with Gasteiger partial charge < -0.3 is 29.5 Å². The average molecular weight is 668 g/mol. The number of carbonyl (C=O) groups is 1. The van der Waals surface area contributed by atoms with E-state index in [1.165, 1.54) is 15.5 Å². The number of aromatic nitrogens is 6. The van der Waals surface area contributed by atoms with Crippen molar-refractivity contribution in [3.05, 3.63) is 103 Å². The van der Waals surface area contributed by atoms with Crippen LogP contribution in [0.5, 0.6) is 23.4 Å². The van der Waals surface area contributed by atoms with Gasteiger partial charge in [0.25, 0.3) is 0 Å². The zero-order valence-corrected chi connectivity index (χ0v) is 27.5. The molecule has 0 aliphatic heterocycles. The Morgan fingerprint density at radius 1 is 0.860 bits per heavy atom. The number of fused-ring (bicyclic) bond motifs is 5. The molecule has 3 N–H and O–H groups in total. The van der Waals surface area contributed by atoms with Gasteiger partial charge in [0.05, 0.1) is 27.8 Å². The van der Waals surface area contributed by atoms with Crippen molar-refractivity contribution >= 4 is 44.3 Å². The number of aromatic hydroxyl groups is 3. The van der Waals surface area contributed by atoms with E-state index in [1.54, 1.807) is 19.2 Å². The fraction of sp³-hybridized carbons (Fsp3) is 0.158. The number of phenolic OH excluding ortho intramolecular Hbond substituents is 2. The summed E-state index contributed by atoms with van der Waals surface area (Å²) in [5.74, 6) is 0.424. The van der Waals surface area contributed by atoms with Gasteiger partial charge in [-0.25, -0.2) is 14.3 Å². The maximum absolute atomic E-state index is 13.2. The normalized spacial score (nSPS) is 11.8. The van der Waals surface area contributed by atoms with Gasteiger partial charge in [-0.3, -0.25) is 4.40 Å². The predicted molar refractivity (Wildman–Crippen MR) is 190 cm³/mol. The first-order chi connectivity index (χ1) is 24.2. The Kier molecular flexibility index (Phi) is 7.29. The lowest BCUT2D eigenvalue weighted by molar-refractivity contribution is 0.159. The summed E-state index contributed by atoms with van der Waals surface area (Å²) in [5.41, 5.74) is 5.06. The summed E-state index contributed by atoms with van der Waals surface area (Å²) in [6.07, 6.45) is 3.39. The van der Waals surface area contributed by atoms with E-state index in [0.717, 1.165) is 38.2 Å². The molecule has 0 saturated carbocycles. The first kappa shape index (κ1) is 30.8. The highest BCUT2D eigenvalue weighted by Crippen LogP contribution is 2.39. The number of para-hydroxylation sites is 1. The summed E-state index contributed by atoms with van der Waals surface area (Å²) in [7, 11) is 1.70. The van der Waals surface area contributed by atoms with Crippen LogP contribution < -0.4 is 4.74 Å². The number of pyridine rings is 2. The third kappa shape index (κ3) is 5.17. The third-order valence-corrected chi connectivity index (χ3v) is 9.10. The van der Waals surface area contributed by atoms with Crippen molar-refractivity contribution < 1.29 is 24.9 Å². The van der Waals surface area contributed by atoms with Crippen LogP contribution in [0.2, 0.25) is 0 Å². The quantitative estimate of drug-likeness (QED) is 0.162. The SMILES string of the molecule is CC(C)c1cc(-c2nnc(O)n2-c2ccc3c(ccn3CCN(C)C(=O)Oc3cccc4c5nc6ccccc6cc5cn34)c2)c(O)cc1O. The fourth-order valence-corrected chi connectivity index (χ4v) is 6.45. The minimum absolute atomic E-state index is 0.00977. The Labute approximate surface area is 285 Å². The second-order valence-electron chi connectivity index (χ2n) is 12.7. The lowest BCUT2D eigenvalue weighted by Gasteiger charge is -2.18. The number of hydrogen-bond acceptors (Lipinski definition) is 8. The van der Waals surface area contributed by atoms with Crippen molar-refractivity contribution in [1.29, 1.82) is 0 Å². The molecule has 8 aromatic rings. The maximum atomic E-state index is 13.2. The Morgan fingerprint density at radius 2 is 1.70 bits per heavy atom. The van der Waals surface area contributed by atoms with Gasteiger partial charge in [-0.05, 0) is 66.1 Å². The number of rotatable bonds is 7. The van der Waals surface area contributed by atoms with Crippen LogP contribution in [0.4, 0.5) is 4.79 Å². The minimum Gasteiger partial charge on any atom is -0.508 e. The number of carbonyl (C=O) groups excluding carboxylic acids is 1. The zero-order valence-electron chi connectivity index (χ0n) is 27.5. The van der Waals surface area contributed by atoms with Crippen molar-refractivity contribution in [2.45, 2.75) is 26.3 Å². The molecule has 0 aliphatic carbocycles. The van der Waals surface area contributed by atoms with Crippen LogP contribution in [0.15, 0.2) is 97.3 Å². The van der Waals surface area contributed by atoms with E-state index >= 15 is 0 Å². The molecule has 12 heteroatoms. The number of phenols is 2. The molecule has 8 rings (SSSR count). The highest BCUT2D eigenvalue weighted by atomic mass is 16.6. The van der Waals surface area contributed by atoms with Gasteiger partial charge >= 0.3 is 12.1 Å². The molecule has 5 aromatic heterocycles. The van der Waals surface area contributed by atoms with Crippen molar-refractivity contribution in [3.8, 4) is 40.5 Å². The van der Waals surface area contributed by atoms with Crippen LogP contribution in [0.1, 0.15) is 25.3 Å². The number of benzene rings is 3. The molecule has 0 fully saturated rings. The second kappa shape index (κ2) is 11.8. The summed E-state index contributed by atoms with van der Waals surface area (Å²) in [4.78, 5) is 19.6. The van der Waals surface area contributed by atoms with Crippen molar-refractivity contribution in [3.63, 3.8) is 0 Å². The maximum Gasteiger partial charge on any atom is 0.416 e. The third-order valence-electron chi connectivity index (χ3n) is 9.10. The zero-order chi connectivity index (χ0) is 34.7. The first-order valence-electron chi connectivity index (χ1n) is 16.2. The molecule has 0 radical (unpaired) electrons. The van der Waals surface area contributed by atoms with E-state index in [1.807, 2.05) is 95.9 Å². The van der Waals surface area contributed by atoms with Gasteiger partial charge in [0.15, 0.2) is 5.82 Å². The highest BCUT2D eigenvalue weighted by molar-refractivity contribution is 6.01. The van der Waals surface area contributed by atoms with Crippen molar-refractivity contribution in [2.75, 3.05) is 13.6 Å². The summed E-state index contributed by atoms with van der Waals surface area (Å²) >= 11 is 0. The summed E-state index contributed by atoms with van der Waals surface area (Å²) < 4.78 is 11.2. The molecule has 0 bridgehead atoms. The standard InChI is InChI=1S/C38H33N7O5/c1-22(2)27-19-28(33(47)20-32(27)46)36-40-41-37(48)45(36)26-11-12-30-24(18-26)13-14-43(30)16-15-42(3)38(49)50-34-10-6-9-31-35-25(21-44(31)34)17-23-7-4-5-8-29(23)39-35/h4-14,17-22,46-47H,15-16H2,1-3H3,(H,41,48). The number of hydrogen-bond donors (Lipinski definition) is 3. The van der Waals surface area contributed by atoms with Gasteiger partial charge in [-0.1, -0.05) is 43.2 Å². The second-order valence-corrected chi connectivity index (χ2v) is 12.7. The van der Waals surface area contributed by atoms with Crippen LogP contribution >= 0.6 is 0 Å². The minimum atomic E-state index is -0.485. The lowest BCUT2D eigenvalue weighted by atomic mass is 9.98. The Hall–Kier alpha value is -6.56. The number of amides is 1. The Morgan fingerprint density at radius 3 is 2.54 bits per heavy atom. The lowest BCUT2D eigenvalue weighted by Crippen LogP contribution is -2.32. The molecular formula is C38H33N7O5. The van der Waals surface area contributed by atoms with E-state index < -0.39 is 6.09 Å². The largest absolute Gasteiger partial charge is 0.508 e. The number of ether oxygens (including phenoxy) is 1. The molecule has 0 unspecified atom stereocenters. The fourth-order valence-electron chi connectivity index (χ4n) is 6.45. The van der Waals surface area contributed by atoms with E-state index in [2.05, 4.69) is 16.3 Å². The summed E-state index contributed by atoms with van der Waals surface area (Å²) in [6, 6.07) is 25.8. The summed E-state index contributed by atoms with van der Waals surface area (Å²) in [5, 5.41) is 42.6. The molecule has 3 aromatic carbocycles. The van der Waals surface area contributed by atoms with Crippen LogP contribution in [0.3, 0.4) is 0 Å². The molecule has 1 amide bonds. The van der Waals surface area contributed by atoms with Gasteiger partial charge in [0.2, 0.25) is 5.88 Å². The molecule has 5 heterocycles. The molecule has 0 spiro atoms. The van der Waals surface area contributed by atoms with Crippen LogP contribution in [0, 0.1) is 0 Å². The molecule has 0 aliphatic rings. The van der Waals surface area contributed by atoms with Gasteiger partial charge in [-0.15, -0.1) is 5.10 Å². The van der Waals surface area contributed by atoms with Gasteiger partial charge in [0.1, 0.15) is 11.5 Å². The molecule has 50 heavy (non-hydrogen) atoms. The number of nitrogens with zero attached hydrogens (tertiary/aromatic N) is 7. The van der Waals surface area contributed by atoms with Crippen molar-refractivity contribution in [1.82, 2.24) is 33.6 Å². The van der Waals surface area contributed by atoms with Gasteiger partial charge in [0, 0.05) is 60.3 Å². The van der Waals surface area contributed by atoms with E-state index in [4.69, 9.17) is 9.72 Å². The Balaban J connectivity index is 1.01. The Bertz CT molecular complexity index is 2600. The average Bonchev–Trinajstić information content (AvgIpc) is 3.80. The molecule has 250 valence electrons. The van der Waals surface area contributed by atoms with Crippen LogP contribution in [0.25, 0.3) is 55.3 Å². The molecular weight excluding hydrogens is 634 g/mol. The monoisotopic (exact) mass is 667 g/mol. The predicted octanol–water partition coefficient (Wildman–Crippen LogP) is 7.21. The van der Waals surface area contributed by atoms with E-state index in [-0.39, 0.29) is 29.3 Å².